The second-order valence-corrected chi connectivity index (χ2v) is 6.35. The van der Waals surface area contributed by atoms with Crippen LogP contribution in [0.25, 0.3) is 0 Å². The third-order valence-electron chi connectivity index (χ3n) is 3.82. The highest BCUT2D eigenvalue weighted by Gasteiger charge is 1.91. The van der Waals surface area contributed by atoms with Gasteiger partial charge in [0.25, 0.3) is 0 Å². The Morgan fingerprint density at radius 3 is 1.71 bits per heavy atom. The molecule has 3 heteroatoms. The van der Waals surface area contributed by atoms with Gasteiger partial charge >= 0.3 is 0 Å². The minimum atomic E-state index is -0.339. The molecule has 0 bridgehead atoms. The molecule has 1 N–H and O–H groups in total. The van der Waals surface area contributed by atoms with Crippen molar-refractivity contribution in [3.63, 3.8) is 0 Å². The van der Waals surface area contributed by atoms with E-state index in [0.29, 0.717) is 0 Å². The maximum absolute atomic E-state index is 8.49. The van der Waals surface area contributed by atoms with Crippen molar-refractivity contribution in [2.45, 2.75) is 96.8 Å². The lowest BCUT2D eigenvalue weighted by molar-refractivity contribution is 0.313. The number of hydrogen-bond donors (Lipinski definition) is 1. The summed E-state index contributed by atoms with van der Waals surface area (Å²) in [5.74, 6) is 0. The van der Waals surface area contributed by atoms with Crippen molar-refractivity contribution >= 4 is 9.03 Å². The summed E-state index contributed by atoms with van der Waals surface area (Å²) in [6.07, 6.45) is 23.3. The van der Waals surface area contributed by atoms with Gasteiger partial charge in [0.05, 0.1) is 6.61 Å². The van der Waals surface area contributed by atoms with E-state index in [1.807, 2.05) is 0 Å². The van der Waals surface area contributed by atoms with Crippen molar-refractivity contribution in [2.24, 2.45) is 0 Å². The predicted octanol–water partition coefficient (Wildman–Crippen LogP) is 6.54. The summed E-state index contributed by atoms with van der Waals surface area (Å²) < 4.78 is 4.93. The highest BCUT2D eigenvalue weighted by molar-refractivity contribution is 7.24. The zero-order valence-electron chi connectivity index (χ0n) is 14.1. The van der Waals surface area contributed by atoms with Crippen LogP contribution in [0.1, 0.15) is 96.8 Å². The zero-order chi connectivity index (χ0) is 15.4. The maximum Gasteiger partial charge on any atom is 0.152 e. The fraction of sp³-hybridized carbons (Fsp3) is 0.889. The van der Waals surface area contributed by atoms with Crippen molar-refractivity contribution < 1.29 is 9.42 Å². The number of allylic oxidation sites excluding steroid dienone is 2. The van der Waals surface area contributed by atoms with Gasteiger partial charge in [0.2, 0.25) is 0 Å². The first kappa shape index (κ1) is 21.1. The Kier molecular flexibility index (Phi) is 20.2. The Morgan fingerprint density at radius 1 is 0.714 bits per heavy atom. The third kappa shape index (κ3) is 20.1. The van der Waals surface area contributed by atoms with Gasteiger partial charge in [-0.05, 0) is 32.1 Å². The lowest BCUT2D eigenvalue weighted by atomic mass is 10.1. The van der Waals surface area contributed by atoms with E-state index in [4.69, 9.17) is 9.42 Å². The minimum Gasteiger partial charge on any atom is -0.352 e. The number of hydrogen-bond acceptors (Lipinski definition) is 2. The summed E-state index contributed by atoms with van der Waals surface area (Å²) >= 11 is 0. The number of unbranched alkanes of at least 4 members (excludes halogenated alkanes) is 12. The minimum absolute atomic E-state index is 0.339. The summed E-state index contributed by atoms with van der Waals surface area (Å²) in [6.45, 7) is 2.99. The van der Waals surface area contributed by atoms with Crippen LogP contribution in [-0.4, -0.2) is 11.5 Å². The molecule has 0 aromatic carbocycles. The van der Waals surface area contributed by atoms with E-state index in [1.54, 1.807) is 0 Å². The van der Waals surface area contributed by atoms with Gasteiger partial charge in [-0.3, -0.25) is 0 Å². The summed E-state index contributed by atoms with van der Waals surface area (Å²) in [4.78, 5) is 8.49. The van der Waals surface area contributed by atoms with E-state index in [0.717, 1.165) is 13.0 Å². The Labute approximate surface area is 134 Å². The third-order valence-corrected chi connectivity index (χ3v) is 4.16. The Hall–Kier alpha value is 0.0900. The van der Waals surface area contributed by atoms with Crippen LogP contribution >= 0.6 is 9.03 Å². The molecule has 0 fully saturated rings. The van der Waals surface area contributed by atoms with Crippen LogP contribution in [0.15, 0.2) is 12.2 Å². The summed E-state index contributed by atoms with van der Waals surface area (Å²) in [5.41, 5.74) is 0. The van der Waals surface area contributed by atoms with Crippen molar-refractivity contribution in [3.05, 3.63) is 12.2 Å². The van der Waals surface area contributed by atoms with Gasteiger partial charge in [0.15, 0.2) is 9.03 Å². The Morgan fingerprint density at radius 2 is 1.19 bits per heavy atom. The molecule has 0 aromatic rings. The normalized spacial score (nSPS) is 12.1. The fourth-order valence-corrected chi connectivity index (χ4v) is 2.70. The average molecular weight is 316 g/mol. The molecule has 0 aliphatic rings. The zero-order valence-corrected chi connectivity index (χ0v) is 15.1. The van der Waals surface area contributed by atoms with Crippen LogP contribution in [0.5, 0.6) is 0 Å². The lowest BCUT2D eigenvalue weighted by Crippen LogP contribution is -1.86. The molecular formula is C18H37O2P. The molecule has 0 aliphatic carbocycles. The molecule has 2 nitrogen and oxygen atoms in total. The van der Waals surface area contributed by atoms with Crippen LogP contribution in [0.2, 0.25) is 0 Å². The molecule has 0 aliphatic heterocycles. The van der Waals surface area contributed by atoms with E-state index >= 15 is 0 Å². The molecule has 0 saturated heterocycles. The van der Waals surface area contributed by atoms with Gasteiger partial charge in [-0.25, -0.2) is 0 Å². The van der Waals surface area contributed by atoms with Crippen LogP contribution in [0.4, 0.5) is 0 Å². The van der Waals surface area contributed by atoms with Crippen LogP contribution in [-0.2, 0) is 4.52 Å². The lowest BCUT2D eigenvalue weighted by Gasteiger charge is -2.01. The van der Waals surface area contributed by atoms with Gasteiger partial charge in [-0.15, -0.1) is 0 Å². The monoisotopic (exact) mass is 316 g/mol. The Bertz CT molecular complexity index is 207. The van der Waals surface area contributed by atoms with Crippen molar-refractivity contribution in [2.75, 3.05) is 6.61 Å². The molecule has 1 atom stereocenters. The fourth-order valence-electron chi connectivity index (χ4n) is 2.47. The number of rotatable bonds is 17. The summed E-state index contributed by atoms with van der Waals surface area (Å²) in [6, 6.07) is 0. The smallest absolute Gasteiger partial charge is 0.152 e. The summed E-state index contributed by atoms with van der Waals surface area (Å²) in [5, 5.41) is 0. The van der Waals surface area contributed by atoms with E-state index in [2.05, 4.69) is 19.1 Å². The van der Waals surface area contributed by atoms with Crippen molar-refractivity contribution in [1.82, 2.24) is 0 Å². The second-order valence-electron chi connectivity index (χ2n) is 5.88. The van der Waals surface area contributed by atoms with Crippen molar-refractivity contribution in [1.29, 1.82) is 0 Å². The van der Waals surface area contributed by atoms with E-state index in [1.165, 1.54) is 83.5 Å². The molecule has 0 radical (unpaired) electrons. The molecule has 126 valence electrons. The van der Waals surface area contributed by atoms with E-state index < -0.39 is 0 Å². The largest absolute Gasteiger partial charge is 0.352 e. The molecular weight excluding hydrogens is 279 g/mol. The molecule has 0 amide bonds. The van der Waals surface area contributed by atoms with Crippen LogP contribution in [0, 0.1) is 0 Å². The van der Waals surface area contributed by atoms with Crippen LogP contribution in [0.3, 0.4) is 0 Å². The van der Waals surface area contributed by atoms with Gasteiger partial charge in [-0.1, -0.05) is 76.9 Å². The molecule has 0 spiro atoms. The first-order valence-corrected chi connectivity index (χ1v) is 9.93. The molecule has 0 heterocycles. The van der Waals surface area contributed by atoms with Gasteiger partial charge in [0, 0.05) is 0 Å². The second kappa shape index (κ2) is 20.1. The SMILES string of the molecule is CCCCCCCC/C=C\CCCCCCCCOPO. The maximum atomic E-state index is 8.49. The van der Waals surface area contributed by atoms with E-state index in [-0.39, 0.29) is 9.03 Å². The van der Waals surface area contributed by atoms with Crippen molar-refractivity contribution in [3.8, 4) is 0 Å². The Balaban J connectivity index is 3.02. The van der Waals surface area contributed by atoms with E-state index in [9.17, 15) is 0 Å². The molecule has 0 saturated carbocycles. The highest BCUT2D eigenvalue weighted by Crippen LogP contribution is 2.11. The van der Waals surface area contributed by atoms with Crippen LogP contribution < -0.4 is 0 Å². The molecule has 0 aromatic heterocycles. The quantitative estimate of drug-likeness (QED) is 0.187. The first-order chi connectivity index (χ1) is 10.4. The highest BCUT2D eigenvalue weighted by atomic mass is 31.1. The topological polar surface area (TPSA) is 29.5 Å². The van der Waals surface area contributed by atoms with Gasteiger partial charge < -0.3 is 9.42 Å². The summed E-state index contributed by atoms with van der Waals surface area (Å²) in [7, 11) is -0.339. The first-order valence-electron chi connectivity index (χ1n) is 9.07. The molecule has 0 rings (SSSR count). The predicted molar refractivity (Wildman–Crippen MR) is 95.9 cm³/mol. The molecule has 1 unspecified atom stereocenters. The van der Waals surface area contributed by atoms with Gasteiger partial charge in [-0.2, -0.15) is 0 Å². The molecule has 21 heavy (non-hydrogen) atoms. The van der Waals surface area contributed by atoms with Gasteiger partial charge in [0.1, 0.15) is 0 Å². The average Bonchev–Trinajstić information content (AvgIpc) is 2.50. The standard InChI is InChI=1S/C18H37O2P/c1-2-3-4-5-6-7-8-9-10-11-12-13-14-15-16-17-18-20-21-19/h9-10,19,21H,2-8,11-18H2,1H3/b10-9-.